The lowest BCUT2D eigenvalue weighted by molar-refractivity contribution is -0.191. The Hall–Kier alpha value is -2.12. The maximum atomic E-state index is 13.9. The third-order valence-corrected chi connectivity index (χ3v) is 10.5. The lowest BCUT2D eigenvalue weighted by Gasteiger charge is -2.30. The van der Waals surface area contributed by atoms with Crippen molar-refractivity contribution in [3.05, 3.63) is 0 Å². The van der Waals surface area contributed by atoms with E-state index in [4.69, 9.17) is 18.9 Å². The molecule has 0 aromatic heterocycles. The van der Waals surface area contributed by atoms with Crippen LogP contribution in [-0.2, 0) is 38.1 Å². The first-order chi connectivity index (χ1) is 26.8. The summed E-state index contributed by atoms with van der Waals surface area (Å²) in [5, 5.41) is 0. The molecule has 0 saturated heterocycles. The highest BCUT2D eigenvalue weighted by Gasteiger charge is 2.49. The van der Waals surface area contributed by atoms with Gasteiger partial charge in [0.05, 0.1) is 32.7 Å². The van der Waals surface area contributed by atoms with Crippen LogP contribution >= 0.6 is 0 Å². The molecule has 0 N–H and O–H groups in total. The van der Waals surface area contributed by atoms with E-state index >= 15 is 0 Å². The van der Waals surface area contributed by atoms with Crippen molar-refractivity contribution in [2.24, 2.45) is 0 Å². The lowest BCUT2D eigenvalue weighted by atomic mass is 9.94. The van der Waals surface area contributed by atoms with Gasteiger partial charge in [-0.15, -0.1) is 0 Å². The highest BCUT2D eigenvalue weighted by Crippen LogP contribution is 2.27. The zero-order chi connectivity index (χ0) is 40.5. The Labute approximate surface area is 339 Å². The monoisotopic (exact) mass is 781 g/mol. The fourth-order valence-electron chi connectivity index (χ4n) is 6.94. The highest BCUT2D eigenvalue weighted by atomic mass is 16.6. The first-order valence-electron chi connectivity index (χ1n) is 23.5. The summed E-state index contributed by atoms with van der Waals surface area (Å²) in [6.45, 7) is 9.38. The summed E-state index contributed by atoms with van der Waals surface area (Å²) < 4.78 is 22.8. The molecule has 0 heterocycles. The molecule has 0 atom stereocenters. The molecule has 0 bridgehead atoms. The Morgan fingerprint density at radius 2 is 0.600 bits per heavy atom. The fourth-order valence-corrected chi connectivity index (χ4v) is 6.94. The Kier molecular flexibility index (Phi) is 38.5. The molecule has 55 heavy (non-hydrogen) atoms. The van der Waals surface area contributed by atoms with Crippen LogP contribution in [0, 0.1) is 0 Å². The Morgan fingerprint density at radius 3 is 0.927 bits per heavy atom. The molecule has 0 radical (unpaired) electrons. The molecule has 0 aliphatic carbocycles. The summed E-state index contributed by atoms with van der Waals surface area (Å²) in [5.41, 5.74) is -2.12. The molecule has 0 aliphatic heterocycles. The van der Waals surface area contributed by atoms with Crippen LogP contribution in [0.15, 0.2) is 0 Å². The highest BCUT2D eigenvalue weighted by molar-refractivity contribution is 5.92. The van der Waals surface area contributed by atoms with E-state index in [2.05, 4.69) is 27.7 Å². The molecule has 0 amide bonds. The molecule has 0 aromatic carbocycles. The molecule has 0 saturated carbocycles. The molecular weight excluding hydrogens is 693 g/mol. The first-order valence-corrected chi connectivity index (χ1v) is 23.5. The number of rotatable bonds is 42. The van der Waals surface area contributed by atoms with Crippen molar-refractivity contribution < 1.29 is 38.1 Å². The SMILES string of the molecule is CCCCCCCCCCOC(=O)CC(CC(=O)OCCCCCCCCCC)(OC(=O)CCCCCCCCCC)C(=O)OCCCCCCCCCC. The predicted octanol–water partition coefficient (Wildman–Crippen LogP) is 13.6. The molecular formula is C47H88O8. The molecule has 8 heteroatoms. The van der Waals surface area contributed by atoms with Crippen LogP contribution in [0.25, 0.3) is 0 Å². The van der Waals surface area contributed by atoms with E-state index in [9.17, 15) is 19.2 Å². The van der Waals surface area contributed by atoms with Crippen LogP contribution in [0.4, 0.5) is 0 Å². The summed E-state index contributed by atoms with van der Waals surface area (Å²) in [7, 11) is 0. The van der Waals surface area contributed by atoms with E-state index in [0.717, 1.165) is 77.0 Å². The first kappa shape index (κ1) is 52.9. The number of carbonyl (C=O) groups excluding carboxylic acids is 4. The van der Waals surface area contributed by atoms with Gasteiger partial charge in [0.1, 0.15) is 0 Å². The van der Waals surface area contributed by atoms with Crippen molar-refractivity contribution in [1.82, 2.24) is 0 Å². The van der Waals surface area contributed by atoms with Crippen molar-refractivity contribution in [3.8, 4) is 0 Å². The topological polar surface area (TPSA) is 105 Å². The second-order valence-electron chi connectivity index (χ2n) is 16.0. The van der Waals surface area contributed by atoms with Gasteiger partial charge in [0.15, 0.2) is 0 Å². The van der Waals surface area contributed by atoms with Crippen molar-refractivity contribution in [2.75, 3.05) is 19.8 Å². The van der Waals surface area contributed by atoms with E-state index in [1.807, 2.05) is 0 Å². The van der Waals surface area contributed by atoms with Gasteiger partial charge in [-0.2, -0.15) is 0 Å². The van der Waals surface area contributed by atoms with Gasteiger partial charge < -0.3 is 18.9 Å². The maximum absolute atomic E-state index is 13.9. The largest absolute Gasteiger partial charge is 0.466 e. The zero-order valence-electron chi connectivity index (χ0n) is 36.6. The second-order valence-corrected chi connectivity index (χ2v) is 16.0. The van der Waals surface area contributed by atoms with Crippen LogP contribution < -0.4 is 0 Å². The predicted molar refractivity (Wildman–Crippen MR) is 226 cm³/mol. The summed E-state index contributed by atoms with van der Waals surface area (Å²) in [6.07, 6.45) is 33.8. The standard InChI is InChI=1S/C47H88O8/c1-5-9-13-17-21-25-29-33-37-43(48)55-47(46(51)54-40-36-32-28-24-20-16-12-8-4,41-44(49)52-38-34-30-26-22-18-14-10-6-2)42-45(50)53-39-35-31-27-23-19-15-11-7-3/h5-42H2,1-4H3. The summed E-state index contributed by atoms with van der Waals surface area (Å²) in [4.78, 5) is 53.9. The Bertz CT molecular complexity index is 867. The van der Waals surface area contributed by atoms with Gasteiger partial charge in [0.2, 0.25) is 5.60 Å². The van der Waals surface area contributed by atoms with Gasteiger partial charge in [0, 0.05) is 6.42 Å². The third kappa shape index (κ3) is 33.7. The zero-order valence-corrected chi connectivity index (χ0v) is 36.6. The number of unbranched alkanes of at least 4 members (excludes halogenated alkanes) is 28. The van der Waals surface area contributed by atoms with E-state index in [1.54, 1.807) is 0 Å². The minimum Gasteiger partial charge on any atom is -0.466 e. The Morgan fingerprint density at radius 1 is 0.327 bits per heavy atom. The molecule has 8 nitrogen and oxygen atoms in total. The fraction of sp³-hybridized carbons (Fsp3) is 0.915. The second kappa shape index (κ2) is 40.1. The van der Waals surface area contributed by atoms with E-state index in [-0.39, 0.29) is 26.2 Å². The number of esters is 4. The van der Waals surface area contributed by atoms with Crippen LogP contribution in [-0.4, -0.2) is 49.3 Å². The number of carbonyl (C=O) groups is 4. The average Bonchev–Trinajstić information content (AvgIpc) is 3.16. The van der Waals surface area contributed by atoms with E-state index in [1.165, 1.54) is 103 Å². The summed E-state index contributed by atoms with van der Waals surface area (Å²) >= 11 is 0. The van der Waals surface area contributed by atoms with Gasteiger partial charge in [-0.25, -0.2) is 4.79 Å². The van der Waals surface area contributed by atoms with Gasteiger partial charge in [-0.05, 0) is 25.7 Å². The van der Waals surface area contributed by atoms with Crippen molar-refractivity contribution in [2.45, 2.75) is 258 Å². The molecule has 324 valence electrons. The molecule has 0 fully saturated rings. The Balaban J connectivity index is 5.54. The third-order valence-electron chi connectivity index (χ3n) is 10.5. The smallest absolute Gasteiger partial charge is 0.351 e. The van der Waals surface area contributed by atoms with Crippen LogP contribution in [0.1, 0.15) is 252 Å². The number of hydrogen-bond acceptors (Lipinski definition) is 8. The number of hydrogen-bond donors (Lipinski definition) is 0. The van der Waals surface area contributed by atoms with Gasteiger partial charge in [-0.1, -0.05) is 207 Å². The minimum atomic E-state index is -2.12. The van der Waals surface area contributed by atoms with Gasteiger partial charge in [0.25, 0.3) is 0 Å². The molecule has 0 aliphatic rings. The van der Waals surface area contributed by atoms with Gasteiger partial charge >= 0.3 is 23.9 Å². The van der Waals surface area contributed by atoms with Crippen LogP contribution in [0.5, 0.6) is 0 Å². The quantitative estimate of drug-likeness (QED) is 0.0342. The van der Waals surface area contributed by atoms with Gasteiger partial charge in [-0.3, -0.25) is 14.4 Å². The van der Waals surface area contributed by atoms with Crippen LogP contribution in [0.3, 0.4) is 0 Å². The van der Waals surface area contributed by atoms with Crippen molar-refractivity contribution in [3.63, 3.8) is 0 Å². The molecule has 0 aromatic rings. The molecule has 0 unspecified atom stereocenters. The van der Waals surface area contributed by atoms with Crippen molar-refractivity contribution >= 4 is 23.9 Å². The average molecular weight is 781 g/mol. The summed E-state index contributed by atoms with van der Waals surface area (Å²) in [6, 6.07) is 0. The van der Waals surface area contributed by atoms with Crippen LogP contribution in [0.2, 0.25) is 0 Å². The van der Waals surface area contributed by atoms with E-state index < -0.39 is 42.3 Å². The lowest BCUT2D eigenvalue weighted by Crippen LogP contribution is -2.48. The number of ether oxygens (including phenoxy) is 4. The summed E-state index contributed by atoms with van der Waals surface area (Å²) in [5.74, 6) is -2.83. The molecule has 0 rings (SSSR count). The molecule has 0 spiro atoms. The van der Waals surface area contributed by atoms with E-state index in [0.29, 0.717) is 25.7 Å². The maximum Gasteiger partial charge on any atom is 0.351 e. The minimum absolute atomic E-state index is 0.0998. The normalized spacial score (nSPS) is 11.4. The van der Waals surface area contributed by atoms with Crippen molar-refractivity contribution in [1.29, 1.82) is 0 Å².